The third-order valence-electron chi connectivity index (χ3n) is 3.16. The number of rotatable bonds is 5. The van der Waals surface area contributed by atoms with Gasteiger partial charge in [0, 0.05) is 37.1 Å². The van der Waals surface area contributed by atoms with Gasteiger partial charge in [-0.2, -0.15) is 5.10 Å². The zero-order chi connectivity index (χ0) is 13.8. The number of methoxy groups -OCH3 is 1. The number of nitrogens with zero attached hydrogens (tertiary/aromatic N) is 3. The zero-order valence-corrected chi connectivity index (χ0v) is 11.3. The molecule has 0 aromatic carbocycles. The highest BCUT2D eigenvalue weighted by atomic mass is 16.5. The first kappa shape index (κ1) is 12.6. The quantitative estimate of drug-likeness (QED) is 0.769. The summed E-state index contributed by atoms with van der Waals surface area (Å²) in [7, 11) is 1.62. The summed E-state index contributed by atoms with van der Waals surface area (Å²) in [5, 5.41) is 7.71. The third kappa shape index (κ3) is 2.62. The maximum atomic E-state index is 5.04. The van der Waals surface area contributed by atoms with Crippen molar-refractivity contribution in [1.82, 2.24) is 19.9 Å². The maximum Gasteiger partial charge on any atom is 0.212 e. The van der Waals surface area contributed by atoms with Gasteiger partial charge in [0.15, 0.2) is 0 Å². The summed E-state index contributed by atoms with van der Waals surface area (Å²) in [4.78, 5) is 4.18. The average molecular weight is 268 g/mol. The molecule has 1 N–H and O–H groups in total. The van der Waals surface area contributed by atoms with Gasteiger partial charge in [-0.05, 0) is 17.7 Å². The number of nitrogens with one attached hydrogen (secondary N) is 1. The Hall–Kier alpha value is -2.40. The fourth-order valence-corrected chi connectivity index (χ4v) is 2.10. The van der Waals surface area contributed by atoms with Gasteiger partial charge in [0.05, 0.1) is 18.8 Å². The van der Waals surface area contributed by atoms with Crippen molar-refractivity contribution in [3.8, 4) is 5.88 Å². The fourth-order valence-electron chi connectivity index (χ4n) is 2.10. The molecule has 5 nitrogen and oxygen atoms in total. The fraction of sp³-hybridized carbons (Fsp3) is 0.200. The Morgan fingerprint density at radius 1 is 1.15 bits per heavy atom. The van der Waals surface area contributed by atoms with Crippen molar-refractivity contribution < 1.29 is 4.74 Å². The van der Waals surface area contributed by atoms with Gasteiger partial charge in [-0.15, -0.1) is 0 Å². The molecular formula is C15H16N4O. The van der Waals surface area contributed by atoms with Crippen LogP contribution in [-0.2, 0) is 13.1 Å². The maximum absolute atomic E-state index is 5.04. The molecule has 5 heteroatoms. The molecule has 0 spiro atoms. The predicted molar refractivity (Wildman–Crippen MR) is 76.5 cm³/mol. The minimum Gasteiger partial charge on any atom is -0.481 e. The second kappa shape index (κ2) is 5.71. The van der Waals surface area contributed by atoms with Crippen LogP contribution in [0.2, 0.25) is 0 Å². The molecule has 0 aliphatic rings. The second-order valence-electron chi connectivity index (χ2n) is 4.51. The van der Waals surface area contributed by atoms with E-state index in [1.807, 2.05) is 47.4 Å². The Morgan fingerprint density at radius 2 is 2.10 bits per heavy atom. The van der Waals surface area contributed by atoms with Crippen molar-refractivity contribution in [3.63, 3.8) is 0 Å². The molecule has 0 aliphatic heterocycles. The van der Waals surface area contributed by atoms with Gasteiger partial charge in [0.25, 0.3) is 0 Å². The van der Waals surface area contributed by atoms with E-state index in [0.29, 0.717) is 5.88 Å². The van der Waals surface area contributed by atoms with Crippen LogP contribution in [0.5, 0.6) is 5.88 Å². The molecule has 0 saturated heterocycles. The van der Waals surface area contributed by atoms with Crippen molar-refractivity contribution in [2.75, 3.05) is 7.11 Å². The topological polar surface area (TPSA) is 51.5 Å². The van der Waals surface area contributed by atoms with Crippen molar-refractivity contribution in [2.24, 2.45) is 0 Å². The number of ether oxygens (including phenoxy) is 1. The lowest BCUT2D eigenvalue weighted by Gasteiger charge is -2.04. The SMILES string of the molecule is COc1ccc(CNCc2cnn3ccccc23)cn1. The molecule has 0 aliphatic carbocycles. The second-order valence-corrected chi connectivity index (χ2v) is 4.51. The molecule has 3 rings (SSSR count). The van der Waals surface area contributed by atoms with E-state index in [2.05, 4.69) is 21.5 Å². The normalized spacial score (nSPS) is 10.8. The van der Waals surface area contributed by atoms with E-state index < -0.39 is 0 Å². The molecule has 0 amide bonds. The Labute approximate surface area is 117 Å². The number of pyridine rings is 2. The molecule has 0 fully saturated rings. The Morgan fingerprint density at radius 3 is 2.90 bits per heavy atom. The van der Waals surface area contributed by atoms with Gasteiger partial charge in [0.2, 0.25) is 5.88 Å². The van der Waals surface area contributed by atoms with Gasteiger partial charge in [-0.25, -0.2) is 9.50 Å². The van der Waals surface area contributed by atoms with E-state index in [1.54, 1.807) is 7.11 Å². The number of fused-ring (bicyclic) bond motifs is 1. The number of aromatic nitrogens is 3. The smallest absolute Gasteiger partial charge is 0.212 e. The lowest BCUT2D eigenvalue weighted by atomic mass is 10.2. The first-order valence-corrected chi connectivity index (χ1v) is 6.48. The molecule has 0 unspecified atom stereocenters. The van der Waals surface area contributed by atoms with E-state index in [1.165, 1.54) is 5.56 Å². The van der Waals surface area contributed by atoms with Crippen LogP contribution in [0.25, 0.3) is 5.52 Å². The number of hydrogen-bond acceptors (Lipinski definition) is 4. The molecule has 3 aromatic rings. The molecule has 3 aromatic heterocycles. The summed E-state index contributed by atoms with van der Waals surface area (Å²) in [5.74, 6) is 0.636. The molecule has 102 valence electrons. The largest absolute Gasteiger partial charge is 0.481 e. The van der Waals surface area contributed by atoms with E-state index in [9.17, 15) is 0 Å². The van der Waals surface area contributed by atoms with Crippen LogP contribution in [0.1, 0.15) is 11.1 Å². The summed E-state index contributed by atoms with van der Waals surface area (Å²) in [5.41, 5.74) is 3.45. The van der Waals surface area contributed by atoms with Crippen LogP contribution in [0.4, 0.5) is 0 Å². The van der Waals surface area contributed by atoms with E-state index in [4.69, 9.17) is 4.74 Å². The third-order valence-corrected chi connectivity index (χ3v) is 3.16. The molecule has 0 bridgehead atoms. The van der Waals surface area contributed by atoms with Crippen LogP contribution < -0.4 is 10.1 Å². The molecule has 3 heterocycles. The lowest BCUT2D eigenvalue weighted by Crippen LogP contribution is -2.12. The summed E-state index contributed by atoms with van der Waals surface area (Å²) in [6, 6.07) is 9.94. The monoisotopic (exact) mass is 268 g/mol. The molecular weight excluding hydrogens is 252 g/mol. The van der Waals surface area contributed by atoms with Crippen molar-refractivity contribution in [2.45, 2.75) is 13.1 Å². The summed E-state index contributed by atoms with van der Waals surface area (Å²) in [6.45, 7) is 1.54. The molecule has 0 radical (unpaired) electrons. The Bertz CT molecular complexity index is 690. The standard InChI is InChI=1S/C15H16N4O/c1-20-15-6-5-12(9-17-15)8-16-10-13-11-18-19-7-3-2-4-14(13)19/h2-7,9,11,16H,8,10H2,1H3. The van der Waals surface area contributed by atoms with Gasteiger partial charge >= 0.3 is 0 Å². The van der Waals surface area contributed by atoms with Gasteiger partial charge in [-0.3, -0.25) is 0 Å². The van der Waals surface area contributed by atoms with Gasteiger partial charge < -0.3 is 10.1 Å². The van der Waals surface area contributed by atoms with Crippen LogP contribution in [0.15, 0.2) is 48.9 Å². The minimum atomic E-state index is 0.636. The summed E-state index contributed by atoms with van der Waals surface area (Å²) < 4.78 is 6.92. The predicted octanol–water partition coefficient (Wildman–Crippen LogP) is 2.03. The van der Waals surface area contributed by atoms with Crippen LogP contribution in [-0.4, -0.2) is 21.7 Å². The van der Waals surface area contributed by atoms with Crippen molar-refractivity contribution in [1.29, 1.82) is 0 Å². The lowest BCUT2D eigenvalue weighted by molar-refractivity contribution is 0.397. The minimum absolute atomic E-state index is 0.636. The van der Waals surface area contributed by atoms with Crippen LogP contribution in [0.3, 0.4) is 0 Å². The average Bonchev–Trinajstić information content (AvgIpc) is 2.92. The Kier molecular flexibility index (Phi) is 3.60. The van der Waals surface area contributed by atoms with Crippen LogP contribution >= 0.6 is 0 Å². The summed E-state index contributed by atoms with van der Waals surface area (Å²) in [6.07, 6.45) is 5.67. The highest BCUT2D eigenvalue weighted by Gasteiger charge is 2.02. The molecule has 20 heavy (non-hydrogen) atoms. The Balaban J connectivity index is 1.62. The van der Waals surface area contributed by atoms with Crippen molar-refractivity contribution >= 4 is 5.52 Å². The molecule has 0 saturated carbocycles. The van der Waals surface area contributed by atoms with Crippen LogP contribution in [0, 0.1) is 0 Å². The first-order chi connectivity index (χ1) is 9.86. The zero-order valence-electron chi connectivity index (χ0n) is 11.3. The van der Waals surface area contributed by atoms with Gasteiger partial charge in [-0.1, -0.05) is 12.1 Å². The molecule has 0 atom stereocenters. The van der Waals surface area contributed by atoms with E-state index in [-0.39, 0.29) is 0 Å². The summed E-state index contributed by atoms with van der Waals surface area (Å²) >= 11 is 0. The first-order valence-electron chi connectivity index (χ1n) is 6.48. The van der Waals surface area contributed by atoms with Gasteiger partial charge in [0.1, 0.15) is 0 Å². The highest BCUT2D eigenvalue weighted by Crippen LogP contribution is 2.10. The van der Waals surface area contributed by atoms with E-state index in [0.717, 1.165) is 24.2 Å². The number of hydrogen-bond donors (Lipinski definition) is 1. The highest BCUT2D eigenvalue weighted by molar-refractivity contribution is 5.53. The van der Waals surface area contributed by atoms with Crippen molar-refractivity contribution in [3.05, 3.63) is 60.0 Å². The van der Waals surface area contributed by atoms with E-state index >= 15 is 0 Å².